The molecule has 1 aromatic carbocycles. The molecule has 1 aromatic heterocycles. The van der Waals surface area contributed by atoms with E-state index in [1.807, 2.05) is 0 Å². The lowest BCUT2D eigenvalue weighted by Crippen LogP contribution is -2.27. The van der Waals surface area contributed by atoms with Crippen LogP contribution in [-0.4, -0.2) is 28.2 Å². The van der Waals surface area contributed by atoms with E-state index < -0.39 is 5.91 Å². The van der Waals surface area contributed by atoms with Gasteiger partial charge < -0.3 is 10.2 Å². The molecule has 1 heterocycles. The summed E-state index contributed by atoms with van der Waals surface area (Å²) in [4.78, 5) is 17.4. The first-order valence-corrected chi connectivity index (χ1v) is 5.31. The average Bonchev–Trinajstić information content (AvgIpc) is 2.38. The van der Waals surface area contributed by atoms with Gasteiger partial charge in [-0.1, -0.05) is 12.1 Å². The Labute approximate surface area is 104 Å². The Balaban J connectivity index is 2.38. The van der Waals surface area contributed by atoms with Crippen molar-refractivity contribution < 1.29 is 15.0 Å². The predicted molar refractivity (Wildman–Crippen MR) is 66.7 cm³/mol. The number of carbonyl (C=O) groups is 1. The third-order valence-corrected chi connectivity index (χ3v) is 2.53. The van der Waals surface area contributed by atoms with E-state index in [0.717, 1.165) is 0 Å². The van der Waals surface area contributed by atoms with Crippen molar-refractivity contribution in [1.82, 2.24) is 4.98 Å². The molecule has 0 bridgehead atoms. The van der Waals surface area contributed by atoms with Gasteiger partial charge in [0.05, 0.1) is 0 Å². The molecule has 18 heavy (non-hydrogen) atoms. The molecule has 2 rings (SSSR count). The summed E-state index contributed by atoms with van der Waals surface area (Å²) in [6.45, 7) is 0. The second-order valence-corrected chi connectivity index (χ2v) is 3.72. The van der Waals surface area contributed by atoms with Gasteiger partial charge in [0.25, 0.3) is 5.91 Å². The van der Waals surface area contributed by atoms with Crippen molar-refractivity contribution in [2.24, 2.45) is 0 Å². The molecule has 0 saturated carbocycles. The van der Waals surface area contributed by atoms with Crippen LogP contribution in [0, 0.1) is 0 Å². The summed E-state index contributed by atoms with van der Waals surface area (Å²) >= 11 is 0. The smallest absolute Gasteiger partial charge is 0.266 e. The van der Waals surface area contributed by atoms with E-state index in [1.165, 1.54) is 30.1 Å². The lowest BCUT2D eigenvalue weighted by molar-refractivity contribution is 0.0987. The van der Waals surface area contributed by atoms with E-state index in [1.54, 1.807) is 24.4 Å². The Kier molecular flexibility index (Phi) is 3.14. The number of anilines is 1. The SMILES string of the molecule is CN(C(=O)c1c(O)cccc1O)c1ccccn1. The van der Waals surface area contributed by atoms with Crippen LogP contribution in [0.5, 0.6) is 11.5 Å². The van der Waals surface area contributed by atoms with Crippen LogP contribution in [0.2, 0.25) is 0 Å². The maximum Gasteiger partial charge on any atom is 0.266 e. The van der Waals surface area contributed by atoms with Crippen molar-refractivity contribution in [3.8, 4) is 11.5 Å². The molecule has 0 fully saturated rings. The summed E-state index contributed by atoms with van der Waals surface area (Å²) in [5.74, 6) is -0.611. The van der Waals surface area contributed by atoms with E-state index in [0.29, 0.717) is 5.82 Å². The van der Waals surface area contributed by atoms with Crippen LogP contribution in [0.25, 0.3) is 0 Å². The number of pyridine rings is 1. The van der Waals surface area contributed by atoms with Crippen molar-refractivity contribution in [3.05, 3.63) is 48.2 Å². The number of phenolic OH excluding ortho intramolecular Hbond substituents is 2. The fraction of sp³-hybridized carbons (Fsp3) is 0.0769. The van der Waals surface area contributed by atoms with Gasteiger partial charge >= 0.3 is 0 Å². The Morgan fingerprint density at radius 2 is 1.78 bits per heavy atom. The number of hydrogen-bond acceptors (Lipinski definition) is 4. The molecule has 0 aliphatic carbocycles. The van der Waals surface area contributed by atoms with E-state index in [2.05, 4.69) is 4.98 Å². The standard InChI is InChI=1S/C13H12N2O3/c1-15(11-7-2-3-8-14-11)13(18)12-9(16)5-4-6-10(12)17/h2-8,16-17H,1H3. The van der Waals surface area contributed by atoms with Gasteiger partial charge in [0, 0.05) is 13.2 Å². The zero-order valence-corrected chi connectivity index (χ0v) is 9.74. The minimum absolute atomic E-state index is 0.134. The molecule has 0 atom stereocenters. The molecule has 1 amide bonds. The second kappa shape index (κ2) is 4.75. The Bertz CT molecular complexity index is 549. The van der Waals surface area contributed by atoms with Crippen molar-refractivity contribution in [1.29, 1.82) is 0 Å². The number of aromatic hydroxyl groups is 2. The van der Waals surface area contributed by atoms with E-state index >= 15 is 0 Å². The first-order chi connectivity index (χ1) is 8.61. The molecule has 5 nitrogen and oxygen atoms in total. The number of nitrogens with zero attached hydrogens (tertiary/aromatic N) is 2. The van der Waals surface area contributed by atoms with Crippen molar-refractivity contribution in [3.63, 3.8) is 0 Å². The van der Waals surface area contributed by atoms with E-state index in [4.69, 9.17) is 0 Å². The van der Waals surface area contributed by atoms with Gasteiger partial charge in [-0.3, -0.25) is 9.69 Å². The third kappa shape index (κ3) is 2.10. The molecule has 2 aromatic rings. The molecular weight excluding hydrogens is 232 g/mol. The van der Waals surface area contributed by atoms with Crippen molar-refractivity contribution in [2.75, 3.05) is 11.9 Å². The summed E-state index contributed by atoms with van der Waals surface area (Å²) in [7, 11) is 1.52. The van der Waals surface area contributed by atoms with Crippen LogP contribution in [0.1, 0.15) is 10.4 Å². The fourth-order valence-electron chi connectivity index (χ4n) is 1.57. The van der Waals surface area contributed by atoms with Gasteiger partial charge in [-0.05, 0) is 24.3 Å². The molecule has 0 aliphatic rings. The highest BCUT2D eigenvalue weighted by molar-refractivity contribution is 6.08. The number of rotatable bonds is 2. The topological polar surface area (TPSA) is 73.7 Å². The van der Waals surface area contributed by atoms with Crippen LogP contribution >= 0.6 is 0 Å². The van der Waals surface area contributed by atoms with Gasteiger partial charge in [-0.2, -0.15) is 0 Å². The number of benzene rings is 1. The summed E-state index contributed by atoms with van der Waals surface area (Å²) in [6, 6.07) is 9.30. The zero-order valence-electron chi connectivity index (χ0n) is 9.74. The summed E-state index contributed by atoms with van der Waals surface area (Å²) in [6.07, 6.45) is 1.56. The zero-order chi connectivity index (χ0) is 13.1. The maximum atomic E-state index is 12.2. The number of aromatic nitrogens is 1. The number of amides is 1. The van der Waals surface area contributed by atoms with Gasteiger partial charge in [-0.15, -0.1) is 0 Å². The Morgan fingerprint density at radius 1 is 1.11 bits per heavy atom. The molecule has 5 heteroatoms. The highest BCUT2D eigenvalue weighted by Crippen LogP contribution is 2.28. The first kappa shape index (κ1) is 11.9. The third-order valence-electron chi connectivity index (χ3n) is 2.53. The van der Waals surface area contributed by atoms with Gasteiger partial charge in [0.2, 0.25) is 0 Å². The maximum absolute atomic E-state index is 12.2. The number of carbonyl (C=O) groups excluding carboxylic acids is 1. The van der Waals surface area contributed by atoms with Crippen LogP contribution in [0.15, 0.2) is 42.6 Å². The van der Waals surface area contributed by atoms with E-state index in [-0.39, 0.29) is 17.1 Å². The van der Waals surface area contributed by atoms with Gasteiger partial charge in [0.15, 0.2) is 0 Å². The molecular formula is C13H12N2O3. The lowest BCUT2D eigenvalue weighted by Gasteiger charge is -2.17. The fourth-order valence-corrected chi connectivity index (χ4v) is 1.57. The monoisotopic (exact) mass is 244 g/mol. The van der Waals surface area contributed by atoms with E-state index in [9.17, 15) is 15.0 Å². The first-order valence-electron chi connectivity index (χ1n) is 5.31. The number of hydrogen-bond donors (Lipinski definition) is 2. The molecule has 0 radical (unpaired) electrons. The lowest BCUT2D eigenvalue weighted by atomic mass is 10.1. The molecule has 0 spiro atoms. The van der Waals surface area contributed by atoms with Crippen molar-refractivity contribution in [2.45, 2.75) is 0 Å². The van der Waals surface area contributed by atoms with Gasteiger partial charge in [0.1, 0.15) is 22.9 Å². The largest absolute Gasteiger partial charge is 0.507 e. The van der Waals surface area contributed by atoms with Crippen molar-refractivity contribution >= 4 is 11.7 Å². The normalized spacial score (nSPS) is 10.1. The summed E-state index contributed by atoms with van der Waals surface area (Å²) in [5, 5.41) is 19.3. The molecule has 0 saturated heterocycles. The molecule has 2 N–H and O–H groups in total. The Hall–Kier alpha value is -2.56. The number of phenols is 2. The second-order valence-electron chi connectivity index (χ2n) is 3.72. The minimum Gasteiger partial charge on any atom is -0.507 e. The highest BCUT2D eigenvalue weighted by atomic mass is 16.3. The summed E-state index contributed by atoms with van der Waals surface area (Å²) < 4.78 is 0. The predicted octanol–water partition coefficient (Wildman–Crippen LogP) is 1.77. The average molecular weight is 244 g/mol. The summed E-state index contributed by atoms with van der Waals surface area (Å²) in [5.41, 5.74) is -0.134. The van der Waals surface area contributed by atoms with Crippen LogP contribution < -0.4 is 4.90 Å². The van der Waals surface area contributed by atoms with Crippen LogP contribution in [0.4, 0.5) is 5.82 Å². The molecule has 0 unspecified atom stereocenters. The highest BCUT2D eigenvalue weighted by Gasteiger charge is 2.21. The van der Waals surface area contributed by atoms with Crippen LogP contribution in [0.3, 0.4) is 0 Å². The molecule has 0 aliphatic heterocycles. The minimum atomic E-state index is -0.524. The van der Waals surface area contributed by atoms with Crippen LogP contribution in [-0.2, 0) is 0 Å². The Morgan fingerprint density at radius 3 is 2.33 bits per heavy atom. The molecule has 92 valence electrons. The quantitative estimate of drug-likeness (QED) is 0.844. The van der Waals surface area contributed by atoms with Gasteiger partial charge in [-0.25, -0.2) is 4.98 Å².